The molecule has 1 heterocycles. The number of thiazole rings is 1. The molecule has 1 aliphatic rings. The number of aromatic nitrogens is 1. The van der Waals surface area contributed by atoms with Crippen molar-refractivity contribution in [2.24, 2.45) is 0 Å². The van der Waals surface area contributed by atoms with Crippen LogP contribution in [0.5, 0.6) is 5.75 Å². The molecular formula is C28H29N3O3S. The second-order valence-electron chi connectivity index (χ2n) is 8.95. The Morgan fingerprint density at radius 1 is 1.09 bits per heavy atom. The van der Waals surface area contributed by atoms with Crippen molar-refractivity contribution in [3.63, 3.8) is 0 Å². The number of hydrogen-bond acceptors (Lipinski definition) is 6. The minimum atomic E-state index is -0.768. The van der Waals surface area contributed by atoms with E-state index in [1.165, 1.54) is 28.3 Å². The molecule has 3 aromatic carbocycles. The summed E-state index contributed by atoms with van der Waals surface area (Å²) in [7, 11) is 0. The lowest BCUT2D eigenvalue weighted by molar-refractivity contribution is 0.176. The van der Waals surface area contributed by atoms with Crippen molar-refractivity contribution in [3.8, 4) is 5.75 Å². The topological polar surface area (TPSA) is 97.4 Å². The molecule has 1 aromatic heterocycles. The van der Waals surface area contributed by atoms with Crippen molar-refractivity contribution in [1.29, 1.82) is 0 Å². The summed E-state index contributed by atoms with van der Waals surface area (Å²) in [6, 6.07) is 22.3. The van der Waals surface area contributed by atoms with E-state index in [4.69, 9.17) is 0 Å². The maximum absolute atomic E-state index is 11.7. The Bertz CT molecular complexity index is 1390. The maximum atomic E-state index is 11.7. The number of rotatable bonds is 10. The summed E-state index contributed by atoms with van der Waals surface area (Å²) >= 11 is 1.00. The summed E-state index contributed by atoms with van der Waals surface area (Å²) in [6.45, 7) is 1.88. The molecule has 1 saturated carbocycles. The van der Waals surface area contributed by atoms with Gasteiger partial charge in [-0.1, -0.05) is 72.0 Å². The van der Waals surface area contributed by atoms with Crippen LogP contribution in [0.15, 0.2) is 83.3 Å². The third-order valence-corrected chi connectivity index (χ3v) is 7.32. The molecule has 4 aromatic rings. The maximum Gasteiger partial charge on any atom is 0.305 e. The zero-order valence-electron chi connectivity index (χ0n) is 19.3. The number of allylic oxidation sites excluding steroid dienone is 1. The Morgan fingerprint density at radius 2 is 1.91 bits per heavy atom. The van der Waals surface area contributed by atoms with Crippen molar-refractivity contribution in [1.82, 2.24) is 15.6 Å². The van der Waals surface area contributed by atoms with Crippen molar-refractivity contribution in [2.45, 2.75) is 31.4 Å². The average molecular weight is 488 g/mol. The zero-order valence-corrected chi connectivity index (χ0v) is 20.1. The first-order chi connectivity index (χ1) is 17.1. The van der Waals surface area contributed by atoms with Crippen LogP contribution in [0.3, 0.4) is 0 Å². The van der Waals surface area contributed by atoms with Crippen LogP contribution in [-0.2, 0) is 13.0 Å². The number of H-pyrrole nitrogens is 1. The van der Waals surface area contributed by atoms with E-state index in [2.05, 4.69) is 76.4 Å². The Labute approximate surface area is 208 Å². The molecule has 1 unspecified atom stereocenters. The van der Waals surface area contributed by atoms with Gasteiger partial charge in [0.1, 0.15) is 11.3 Å². The summed E-state index contributed by atoms with van der Waals surface area (Å²) in [5, 5.41) is 27.3. The molecule has 0 aliphatic heterocycles. The van der Waals surface area contributed by atoms with Gasteiger partial charge in [-0.05, 0) is 53.9 Å². The predicted octanol–water partition coefficient (Wildman–Crippen LogP) is 4.32. The molecule has 0 saturated heterocycles. The van der Waals surface area contributed by atoms with Gasteiger partial charge < -0.3 is 25.8 Å². The number of fused-ring (bicyclic) bond motifs is 1. The number of phenolic OH excluding ortho intramolecular Hbond substituents is 1. The van der Waals surface area contributed by atoms with Gasteiger partial charge in [0.05, 0.1) is 10.8 Å². The number of aliphatic hydroxyl groups excluding tert-OH is 1. The molecular weight excluding hydrogens is 458 g/mol. The van der Waals surface area contributed by atoms with Gasteiger partial charge in [-0.2, -0.15) is 0 Å². The Morgan fingerprint density at radius 3 is 2.77 bits per heavy atom. The first kappa shape index (κ1) is 23.4. The summed E-state index contributed by atoms with van der Waals surface area (Å²) in [6.07, 6.45) is 3.37. The number of aromatic hydroxyl groups is 1. The van der Waals surface area contributed by atoms with E-state index in [1.807, 2.05) is 0 Å². The van der Waals surface area contributed by atoms with Gasteiger partial charge in [0.15, 0.2) is 0 Å². The highest BCUT2D eigenvalue weighted by atomic mass is 32.1. The van der Waals surface area contributed by atoms with Gasteiger partial charge in [0, 0.05) is 24.6 Å². The highest BCUT2D eigenvalue weighted by molar-refractivity contribution is 7.16. The van der Waals surface area contributed by atoms with Crippen molar-refractivity contribution < 1.29 is 10.2 Å². The second-order valence-corrected chi connectivity index (χ2v) is 9.93. The highest BCUT2D eigenvalue weighted by Crippen LogP contribution is 2.46. The van der Waals surface area contributed by atoms with Crippen LogP contribution in [0.1, 0.15) is 40.7 Å². The Kier molecular flexibility index (Phi) is 6.99. The average Bonchev–Trinajstić information content (AvgIpc) is 3.53. The summed E-state index contributed by atoms with van der Waals surface area (Å²) in [5.41, 5.74) is 6.34. The van der Waals surface area contributed by atoms with Gasteiger partial charge in [-0.3, -0.25) is 4.79 Å². The fraction of sp³-hybridized carbons (Fsp3) is 0.250. The molecule has 6 nitrogen and oxygen atoms in total. The fourth-order valence-electron chi connectivity index (χ4n) is 4.43. The third kappa shape index (κ3) is 5.65. The number of aliphatic hydroxyl groups is 1. The molecule has 7 heteroatoms. The van der Waals surface area contributed by atoms with Crippen molar-refractivity contribution in [3.05, 3.63) is 110 Å². The van der Waals surface area contributed by atoms with Crippen LogP contribution in [0.2, 0.25) is 0 Å². The lowest BCUT2D eigenvalue weighted by atomic mass is 10.1. The number of hydrogen-bond donors (Lipinski definition) is 5. The molecule has 0 radical (unpaired) electrons. The molecule has 0 spiro atoms. The van der Waals surface area contributed by atoms with Crippen molar-refractivity contribution in [2.75, 3.05) is 13.1 Å². The summed E-state index contributed by atoms with van der Waals surface area (Å²) < 4.78 is 0.598. The first-order valence-corrected chi connectivity index (χ1v) is 12.7. The van der Waals surface area contributed by atoms with Crippen LogP contribution < -0.4 is 15.5 Å². The number of nitrogens with one attached hydrogen (secondary N) is 3. The van der Waals surface area contributed by atoms with Crippen LogP contribution in [-0.4, -0.2) is 28.3 Å². The summed E-state index contributed by atoms with van der Waals surface area (Å²) in [4.78, 5) is 14.1. The van der Waals surface area contributed by atoms with E-state index in [-0.39, 0.29) is 10.6 Å². The van der Waals surface area contributed by atoms with Crippen LogP contribution in [0.25, 0.3) is 10.2 Å². The molecule has 180 valence electrons. The van der Waals surface area contributed by atoms with E-state index in [9.17, 15) is 15.0 Å². The van der Waals surface area contributed by atoms with Crippen LogP contribution in [0, 0.1) is 0 Å². The lowest BCUT2D eigenvalue weighted by Crippen LogP contribution is -2.23. The summed E-state index contributed by atoms with van der Waals surface area (Å²) in [5.74, 6) is 0.579. The van der Waals surface area contributed by atoms with Gasteiger partial charge in [0.25, 0.3) is 0 Å². The zero-order chi connectivity index (χ0) is 24.2. The molecule has 0 amide bonds. The fourth-order valence-corrected chi connectivity index (χ4v) is 5.35. The number of phenols is 1. The van der Waals surface area contributed by atoms with E-state index in [0.29, 0.717) is 28.2 Å². The Balaban J connectivity index is 1.09. The quantitative estimate of drug-likeness (QED) is 0.215. The van der Waals surface area contributed by atoms with Gasteiger partial charge in [-0.25, -0.2) is 0 Å². The number of aromatic amines is 1. The standard InChI is InChI=1S/C28H29N3O3S/c32-24-10-9-22(27-26(24)31-28(34)35-27)25(33)17-29-12-11-18-5-4-6-19(13-18)15-30-16-21-14-23(21)20-7-2-1-3-8-20/h1-10,13,16,23,25,29-30,32-33H,11-12,14-15,17H2,(H,31,34)/t23-,25?/m1/s1. The molecule has 2 atom stereocenters. The monoisotopic (exact) mass is 487 g/mol. The molecule has 5 rings (SSSR count). The smallest absolute Gasteiger partial charge is 0.305 e. The predicted molar refractivity (Wildman–Crippen MR) is 141 cm³/mol. The highest BCUT2D eigenvalue weighted by Gasteiger charge is 2.30. The normalized spacial score (nSPS) is 17.1. The third-order valence-electron chi connectivity index (χ3n) is 6.39. The van der Waals surface area contributed by atoms with Crippen molar-refractivity contribution >= 4 is 21.6 Å². The van der Waals surface area contributed by atoms with E-state index >= 15 is 0 Å². The van der Waals surface area contributed by atoms with Gasteiger partial charge in [0.2, 0.25) is 0 Å². The molecule has 1 aliphatic carbocycles. The number of benzene rings is 3. The van der Waals surface area contributed by atoms with E-state index in [0.717, 1.165) is 37.3 Å². The SMILES string of the molecule is O=c1[nH]c2c(O)ccc(C(O)CNCCc3cccc(CNC=C4C[C@@H]4c4ccccc4)c3)c2s1. The minimum absolute atomic E-state index is 0.0148. The lowest BCUT2D eigenvalue weighted by Gasteiger charge is -2.13. The molecule has 35 heavy (non-hydrogen) atoms. The second kappa shape index (κ2) is 10.5. The van der Waals surface area contributed by atoms with Crippen LogP contribution >= 0.6 is 11.3 Å². The van der Waals surface area contributed by atoms with Gasteiger partial charge in [-0.15, -0.1) is 0 Å². The molecule has 5 N–H and O–H groups in total. The minimum Gasteiger partial charge on any atom is -0.506 e. The largest absolute Gasteiger partial charge is 0.506 e. The van der Waals surface area contributed by atoms with E-state index < -0.39 is 6.10 Å². The Hall–Kier alpha value is -3.39. The first-order valence-electron chi connectivity index (χ1n) is 11.9. The van der Waals surface area contributed by atoms with E-state index in [1.54, 1.807) is 6.07 Å². The molecule has 1 fully saturated rings. The van der Waals surface area contributed by atoms with Gasteiger partial charge >= 0.3 is 4.87 Å². The van der Waals surface area contributed by atoms with Crippen LogP contribution in [0.4, 0.5) is 0 Å². The molecule has 0 bridgehead atoms.